The lowest BCUT2D eigenvalue weighted by Crippen LogP contribution is -2.50. The van der Waals surface area contributed by atoms with Crippen LogP contribution in [0.25, 0.3) is 10.8 Å². The van der Waals surface area contributed by atoms with Gasteiger partial charge in [0.05, 0.1) is 5.02 Å². The molecule has 0 heterocycles. The molecule has 0 fully saturated rings. The van der Waals surface area contributed by atoms with Crippen LogP contribution in [0.2, 0.25) is 21.6 Å². The first-order valence-electron chi connectivity index (χ1n) is 8.17. The van der Waals surface area contributed by atoms with Gasteiger partial charge in [-0.05, 0) is 34.1 Å². The van der Waals surface area contributed by atoms with Gasteiger partial charge in [0.1, 0.15) is 5.75 Å². The lowest BCUT2D eigenvalue weighted by molar-refractivity contribution is 0.484. The fraction of sp³-hybridized carbons (Fsp3) is 0.474. The zero-order valence-corrected chi connectivity index (χ0v) is 16.2. The fourth-order valence-corrected chi connectivity index (χ4v) is 9.42. The predicted octanol–water partition coefficient (Wildman–Crippen LogP) is 7.05. The summed E-state index contributed by atoms with van der Waals surface area (Å²) in [6.45, 7) is 13.8. The van der Waals surface area contributed by atoms with Crippen LogP contribution in [-0.2, 0) is 0 Å². The highest BCUT2D eigenvalue weighted by Crippen LogP contribution is 2.44. The summed E-state index contributed by atoms with van der Waals surface area (Å²) < 4.78 is 6.83. The van der Waals surface area contributed by atoms with Crippen LogP contribution in [0, 0.1) is 0 Å². The Morgan fingerprint density at radius 1 is 0.818 bits per heavy atom. The van der Waals surface area contributed by atoms with Crippen LogP contribution >= 0.6 is 11.6 Å². The highest BCUT2D eigenvalue weighted by molar-refractivity contribution is 6.78. The van der Waals surface area contributed by atoms with Gasteiger partial charge >= 0.3 is 0 Å². The van der Waals surface area contributed by atoms with Gasteiger partial charge in [-0.25, -0.2) is 0 Å². The molecule has 0 aromatic heterocycles. The second-order valence-corrected chi connectivity index (χ2v) is 12.8. The summed E-state index contributed by atoms with van der Waals surface area (Å²) in [4.78, 5) is 0. The monoisotopic (exact) mass is 334 g/mol. The van der Waals surface area contributed by atoms with Gasteiger partial charge in [-0.3, -0.25) is 0 Å². The minimum absolute atomic E-state index is 0.547. The molecule has 0 radical (unpaired) electrons. The van der Waals surface area contributed by atoms with Crippen LogP contribution in [0.1, 0.15) is 41.5 Å². The molecule has 0 spiro atoms. The molecule has 0 unspecified atom stereocenters. The number of fused-ring (bicyclic) bond motifs is 1. The van der Waals surface area contributed by atoms with Crippen molar-refractivity contribution in [3.05, 3.63) is 41.4 Å². The molecule has 22 heavy (non-hydrogen) atoms. The van der Waals surface area contributed by atoms with Crippen molar-refractivity contribution in [3.8, 4) is 5.75 Å². The molecule has 0 N–H and O–H groups in total. The molecule has 2 aromatic carbocycles. The van der Waals surface area contributed by atoms with Crippen LogP contribution in [-0.4, -0.2) is 8.32 Å². The molecule has 0 atom stereocenters. The van der Waals surface area contributed by atoms with E-state index in [9.17, 15) is 0 Å². The Morgan fingerprint density at radius 2 is 1.32 bits per heavy atom. The van der Waals surface area contributed by atoms with Crippen LogP contribution in [0.3, 0.4) is 0 Å². The van der Waals surface area contributed by atoms with E-state index in [4.69, 9.17) is 16.0 Å². The number of benzene rings is 2. The van der Waals surface area contributed by atoms with Crippen molar-refractivity contribution in [2.75, 3.05) is 0 Å². The first kappa shape index (κ1) is 17.4. The maximum atomic E-state index is 6.83. The number of hydrogen-bond acceptors (Lipinski definition) is 1. The van der Waals surface area contributed by atoms with E-state index in [-0.39, 0.29) is 0 Å². The molecule has 0 aliphatic carbocycles. The minimum Gasteiger partial charge on any atom is -0.542 e. The largest absolute Gasteiger partial charge is 0.542 e. The second-order valence-electron chi connectivity index (χ2n) is 7.01. The maximum absolute atomic E-state index is 6.83. The average Bonchev–Trinajstić information content (AvgIpc) is 2.43. The summed E-state index contributed by atoms with van der Waals surface area (Å²) >= 11 is 6.47. The third-order valence-electron chi connectivity index (χ3n) is 4.81. The molecular formula is C19H27ClOSi. The summed E-state index contributed by atoms with van der Waals surface area (Å²) in [5.74, 6) is 0.950. The molecule has 2 aromatic rings. The Kier molecular flexibility index (Phi) is 5.24. The third kappa shape index (κ3) is 2.91. The van der Waals surface area contributed by atoms with E-state index in [1.807, 2.05) is 12.1 Å². The first-order valence-corrected chi connectivity index (χ1v) is 10.7. The van der Waals surface area contributed by atoms with E-state index in [0.29, 0.717) is 16.6 Å². The first-order chi connectivity index (χ1) is 10.3. The topological polar surface area (TPSA) is 9.23 Å². The van der Waals surface area contributed by atoms with Crippen LogP contribution < -0.4 is 4.43 Å². The molecule has 0 saturated heterocycles. The molecule has 2 rings (SSSR count). The molecule has 3 heteroatoms. The average molecular weight is 335 g/mol. The van der Waals surface area contributed by atoms with Gasteiger partial charge in [0, 0.05) is 5.39 Å². The molecule has 0 aliphatic heterocycles. The number of hydrogen-bond donors (Lipinski definition) is 0. The van der Waals surface area contributed by atoms with Crippen molar-refractivity contribution >= 4 is 30.7 Å². The highest BCUT2D eigenvalue weighted by Gasteiger charge is 2.47. The Balaban J connectivity index is 2.61. The molecule has 0 bridgehead atoms. The van der Waals surface area contributed by atoms with E-state index in [1.54, 1.807) is 0 Å². The molecular weight excluding hydrogens is 308 g/mol. The van der Waals surface area contributed by atoms with Crippen LogP contribution in [0.5, 0.6) is 5.75 Å². The van der Waals surface area contributed by atoms with Crippen molar-refractivity contribution in [1.29, 1.82) is 0 Å². The smallest absolute Gasteiger partial charge is 0.258 e. The van der Waals surface area contributed by atoms with Gasteiger partial charge in [0.2, 0.25) is 0 Å². The zero-order chi connectivity index (χ0) is 16.5. The Hall–Kier alpha value is -0.993. The van der Waals surface area contributed by atoms with Crippen LogP contribution in [0.4, 0.5) is 0 Å². The molecule has 0 aliphatic rings. The quantitative estimate of drug-likeness (QED) is 0.532. The molecule has 1 nitrogen and oxygen atoms in total. The standard InChI is InChI=1S/C19H27ClOSi/c1-13(2)22(14(3)4,15(5)6)21-18-12-8-10-16-9-7-11-17(20)19(16)18/h7-15H,1-6H3. The Morgan fingerprint density at radius 3 is 1.82 bits per heavy atom. The zero-order valence-electron chi connectivity index (χ0n) is 14.5. The Labute approximate surface area is 140 Å². The normalized spacial score (nSPS) is 12.6. The minimum atomic E-state index is -1.97. The van der Waals surface area contributed by atoms with E-state index < -0.39 is 8.32 Å². The SMILES string of the molecule is CC(C)[Si](Oc1cccc2cccc(Cl)c12)(C(C)C)C(C)C. The summed E-state index contributed by atoms with van der Waals surface area (Å²) in [7, 11) is -1.97. The summed E-state index contributed by atoms with van der Waals surface area (Å²) in [5.41, 5.74) is 1.64. The van der Waals surface area contributed by atoms with Crippen molar-refractivity contribution in [2.24, 2.45) is 0 Å². The summed E-state index contributed by atoms with van der Waals surface area (Å²) in [6, 6.07) is 12.3. The maximum Gasteiger partial charge on any atom is 0.258 e. The Bertz CT molecular complexity index is 622. The lowest BCUT2D eigenvalue weighted by atomic mass is 10.1. The van der Waals surface area contributed by atoms with Gasteiger partial charge in [0.25, 0.3) is 8.32 Å². The van der Waals surface area contributed by atoms with Gasteiger partial charge in [-0.1, -0.05) is 77.4 Å². The second kappa shape index (κ2) is 6.63. The molecule has 120 valence electrons. The van der Waals surface area contributed by atoms with E-state index in [2.05, 4.69) is 65.8 Å². The third-order valence-corrected chi connectivity index (χ3v) is 11.1. The number of rotatable bonds is 5. The van der Waals surface area contributed by atoms with Crippen molar-refractivity contribution in [3.63, 3.8) is 0 Å². The number of halogens is 1. The van der Waals surface area contributed by atoms with Gasteiger partial charge < -0.3 is 4.43 Å². The van der Waals surface area contributed by atoms with Crippen LogP contribution in [0.15, 0.2) is 36.4 Å². The van der Waals surface area contributed by atoms with Crippen molar-refractivity contribution in [1.82, 2.24) is 0 Å². The summed E-state index contributed by atoms with van der Waals surface area (Å²) in [5, 5.41) is 2.96. The highest BCUT2D eigenvalue weighted by atomic mass is 35.5. The van der Waals surface area contributed by atoms with E-state index in [0.717, 1.165) is 21.5 Å². The van der Waals surface area contributed by atoms with Crippen molar-refractivity contribution in [2.45, 2.75) is 58.2 Å². The lowest BCUT2D eigenvalue weighted by Gasteiger charge is -2.42. The van der Waals surface area contributed by atoms with Crippen molar-refractivity contribution < 1.29 is 4.43 Å². The molecule has 0 amide bonds. The summed E-state index contributed by atoms with van der Waals surface area (Å²) in [6.07, 6.45) is 0. The van der Waals surface area contributed by atoms with Gasteiger partial charge in [0.15, 0.2) is 0 Å². The van der Waals surface area contributed by atoms with E-state index in [1.165, 1.54) is 0 Å². The molecule has 0 saturated carbocycles. The fourth-order valence-electron chi connectivity index (χ4n) is 3.89. The predicted molar refractivity (Wildman–Crippen MR) is 101 cm³/mol. The van der Waals surface area contributed by atoms with Gasteiger partial charge in [-0.15, -0.1) is 0 Å². The van der Waals surface area contributed by atoms with E-state index >= 15 is 0 Å². The van der Waals surface area contributed by atoms with Gasteiger partial charge in [-0.2, -0.15) is 0 Å².